The highest BCUT2D eigenvalue weighted by molar-refractivity contribution is 6.03. The van der Waals surface area contributed by atoms with Gasteiger partial charge in [-0.05, 0) is 37.1 Å². The Morgan fingerprint density at radius 1 is 1.18 bits per heavy atom. The van der Waals surface area contributed by atoms with Crippen LogP contribution < -0.4 is 15.5 Å². The Morgan fingerprint density at radius 2 is 2.03 bits per heavy atom. The van der Waals surface area contributed by atoms with Gasteiger partial charge in [-0.2, -0.15) is 0 Å². The van der Waals surface area contributed by atoms with Gasteiger partial charge in [0.2, 0.25) is 11.8 Å². The molecule has 1 aliphatic carbocycles. The van der Waals surface area contributed by atoms with Crippen molar-refractivity contribution in [3.05, 3.63) is 36.7 Å². The Kier molecular flexibility index (Phi) is 4.65. The van der Waals surface area contributed by atoms with E-state index < -0.39 is 5.92 Å². The average molecular weight is 464 g/mol. The topological polar surface area (TPSA) is 96.2 Å². The first kappa shape index (κ1) is 20.8. The molecule has 2 N–H and O–H groups in total. The van der Waals surface area contributed by atoms with E-state index in [9.17, 15) is 13.6 Å². The first-order valence-corrected chi connectivity index (χ1v) is 11.2. The third-order valence-electron chi connectivity index (χ3n) is 6.34. The predicted octanol–water partition coefficient (Wildman–Crippen LogP) is 4.67. The van der Waals surface area contributed by atoms with Crippen molar-refractivity contribution in [1.29, 1.82) is 0 Å². The van der Waals surface area contributed by atoms with Crippen LogP contribution in [0.25, 0.3) is 33.3 Å². The number of hydrogen-bond acceptors (Lipinski definition) is 7. The fraction of sp³-hybridized carbons (Fsp3) is 0.333. The molecule has 3 aromatic heterocycles. The molecule has 1 saturated carbocycles. The monoisotopic (exact) mass is 464 g/mol. The number of hydrogen-bond donors (Lipinski definition) is 2. The lowest BCUT2D eigenvalue weighted by Crippen LogP contribution is -2.24. The van der Waals surface area contributed by atoms with Crippen LogP contribution in [0.2, 0.25) is 0 Å². The van der Waals surface area contributed by atoms with Crippen molar-refractivity contribution in [2.75, 3.05) is 35.7 Å². The summed E-state index contributed by atoms with van der Waals surface area (Å²) < 4.78 is 33.4. The largest absolute Gasteiger partial charge is 0.436 e. The molecule has 1 aliphatic heterocycles. The van der Waals surface area contributed by atoms with Crippen molar-refractivity contribution in [3.8, 4) is 11.5 Å². The van der Waals surface area contributed by atoms with Gasteiger partial charge in [0.25, 0.3) is 5.92 Å². The lowest BCUT2D eigenvalue weighted by Gasteiger charge is -2.17. The number of alkyl halides is 2. The van der Waals surface area contributed by atoms with Gasteiger partial charge in [-0.15, -0.1) is 0 Å². The molecule has 0 radical (unpaired) electrons. The number of halogens is 2. The van der Waals surface area contributed by atoms with E-state index in [0.717, 1.165) is 23.6 Å². The molecular weight excluding hydrogens is 442 g/mol. The third kappa shape index (κ3) is 3.68. The molecule has 0 bridgehead atoms. The van der Waals surface area contributed by atoms with Crippen LogP contribution in [0, 0.1) is 5.92 Å². The number of rotatable bonds is 5. The lowest BCUT2D eigenvalue weighted by molar-refractivity contribution is -0.117. The Labute approximate surface area is 193 Å². The summed E-state index contributed by atoms with van der Waals surface area (Å²) in [5.41, 5.74) is 2.45. The van der Waals surface area contributed by atoms with Crippen LogP contribution in [0.3, 0.4) is 0 Å². The Bertz CT molecular complexity index is 1430. The number of fused-ring (bicyclic) bond motifs is 2. The van der Waals surface area contributed by atoms with Gasteiger partial charge in [0.15, 0.2) is 5.58 Å². The molecule has 2 fully saturated rings. The molecule has 1 amide bonds. The van der Waals surface area contributed by atoms with Gasteiger partial charge in [0.1, 0.15) is 17.2 Å². The number of aromatic nitrogens is 3. The number of carbonyl (C=O) groups excluding carboxylic acids is 1. The van der Waals surface area contributed by atoms with Crippen molar-refractivity contribution in [1.82, 2.24) is 15.0 Å². The molecular formula is C24H22F2N6O2. The summed E-state index contributed by atoms with van der Waals surface area (Å²) in [4.78, 5) is 27.4. The summed E-state index contributed by atoms with van der Waals surface area (Å²) in [5, 5.41) is 7.45. The SMILES string of the molecule is CNc1ncc(-c2nc3cc(N4CCC(F)(F)C4)ccc3o2)c2cc(NC(=O)C3CC3)ncc12. The van der Waals surface area contributed by atoms with Crippen LogP contribution >= 0.6 is 0 Å². The highest BCUT2D eigenvalue weighted by atomic mass is 19.3. The minimum Gasteiger partial charge on any atom is -0.436 e. The highest BCUT2D eigenvalue weighted by Gasteiger charge is 2.38. The second-order valence-corrected chi connectivity index (χ2v) is 8.85. The van der Waals surface area contributed by atoms with Crippen molar-refractivity contribution in [2.45, 2.75) is 25.2 Å². The summed E-state index contributed by atoms with van der Waals surface area (Å²) in [6.45, 7) is -0.00276. The van der Waals surface area contributed by atoms with Crippen molar-refractivity contribution in [2.24, 2.45) is 5.92 Å². The van der Waals surface area contributed by atoms with Gasteiger partial charge < -0.3 is 20.0 Å². The predicted molar refractivity (Wildman–Crippen MR) is 125 cm³/mol. The molecule has 8 nitrogen and oxygen atoms in total. The van der Waals surface area contributed by atoms with Crippen LogP contribution in [0.1, 0.15) is 19.3 Å². The van der Waals surface area contributed by atoms with Gasteiger partial charge in [-0.25, -0.2) is 23.7 Å². The molecule has 0 unspecified atom stereocenters. The smallest absolute Gasteiger partial charge is 0.266 e. The molecule has 4 heterocycles. The number of pyridine rings is 2. The Morgan fingerprint density at radius 3 is 2.76 bits per heavy atom. The van der Waals surface area contributed by atoms with Crippen LogP contribution in [0.5, 0.6) is 0 Å². The summed E-state index contributed by atoms with van der Waals surface area (Å²) in [5.74, 6) is -1.21. The number of nitrogens with zero attached hydrogens (tertiary/aromatic N) is 4. The Hall–Kier alpha value is -3.82. The van der Waals surface area contributed by atoms with E-state index in [0.29, 0.717) is 46.4 Å². The molecule has 1 saturated heterocycles. The molecule has 34 heavy (non-hydrogen) atoms. The summed E-state index contributed by atoms with van der Waals surface area (Å²) in [6.07, 6.45) is 4.97. The van der Waals surface area contributed by atoms with Crippen molar-refractivity contribution in [3.63, 3.8) is 0 Å². The third-order valence-corrected chi connectivity index (χ3v) is 6.34. The average Bonchev–Trinajstić information content (AvgIpc) is 3.50. The maximum atomic E-state index is 13.7. The van der Waals surface area contributed by atoms with Gasteiger partial charge in [-0.1, -0.05) is 0 Å². The van der Waals surface area contributed by atoms with E-state index in [4.69, 9.17) is 4.42 Å². The zero-order valence-corrected chi connectivity index (χ0v) is 18.4. The normalized spacial score (nSPS) is 17.4. The second-order valence-electron chi connectivity index (χ2n) is 8.85. The first-order chi connectivity index (χ1) is 16.4. The fourth-order valence-corrected chi connectivity index (χ4v) is 4.33. The number of oxazole rings is 1. The standard InChI is InChI=1S/C24H22F2N6O2/c1-27-21-16-10-28-20(31-22(33)13-2-3-13)9-15(16)17(11-29-21)23-30-18-8-14(4-5-19(18)34-23)32-7-6-24(25,26)12-32/h4-5,8-11,13H,2-3,6-7,12H2,1H3,(H,27,29)(H,28,31,33). The summed E-state index contributed by atoms with van der Waals surface area (Å²) >= 11 is 0. The molecule has 4 aromatic rings. The summed E-state index contributed by atoms with van der Waals surface area (Å²) in [6, 6.07) is 7.08. The minimum atomic E-state index is -2.68. The van der Waals surface area contributed by atoms with Crippen LogP contribution in [-0.4, -0.2) is 46.9 Å². The number of nitrogens with one attached hydrogen (secondary N) is 2. The number of anilines is 3. The fourth-order valence-electron chi connectivity index (χ4n) is 4.33. The van der Waals surface area contributed by atoms with Gasteiger partial charge in [-0.3, -0.25) is 4.79 Å². The second kappa shape index (κ2) is 7.61. The maximum Gasteiger partial charge on any atom is 0.266 e. The van der Waals surface area contributed by atoms with E-state index in [1.54, 1.807) is 48.6 Å². The molecule has 6 rings (SSSR count). The highest BCUT2D eigenvalue weighted by Crippen LogP contribution is 2.36. The number of amides is 1. The number of benzene rings is 1. The number of carbonyl (C=O) groups is 1. The van der Waals surface area contributed by atoms with E-state index in [-0.39, 0.29) is 24.8 Å². The first-order valence-electron chi connectivity index (χ1n) is 11.2. The maximum absolute atomic E-state index is 13.7. The lowest BCUT2D eigenvalue weighted by atomic mass is 10.1. The zero-order chi connectivity index (χ0) is 23.4. The molecule has 174 valence electrons. The van der Waals surface area contributed by atoms with Crippen molar-refractivity contribution >= 4 is 45.1 Å². The van der Waals surface area contributed by atoms with Gasteiger partial charge in [0, 0.05) is 54.8 Å². The van der Waals surface area contributed by atoms with Crippen LogP contribution in [0.4, 0.5) is 26.1 Å². The zero-order valence-electron chi connectivity index (χ0n) is 18.4. The van der Waals surface area contributed by atoms with E-state index in [2.05, 4.69) is 25.6 Å². The molecule has 2 aliphatic rings. The van der Waals surface area contributed by atoms with E-state index >= 15 is 0 Å². The van der Waals surface area contributed by atoms with Crippen molar-refractivity contribution < 1.29 is 18.0 Å². The molecule has 0 atom stereocenters. The van der Waals surface area contributed by atoms with E-state index in [1.165, 1.54) is 0 Å². The van der Waals surface area contributed by atoms with Crippen LogP contribution in [0.15, 0.2) is 41.1 Å². The van der Waals surface area contributed by atoms with E-state index in [1.807, 2.05) is 0 Å². The molecule has 1 aromatic carbocycles. The van der Waals surface area contributed by atoms with Crippen LogP contribution in [-0.2, 0) is 4.79 Å². The van der Waals surface area contributed by atoms with Gasteiger partial charge in [0.05, 0.1) is 12.1 Å². The molecule has 10 heteroatoms. The Balaban J connectivity index is 1.40. The summed E-state index contributed by atoms with van der Waals surface area (Å²) in [7, 11) is 1.77. The quantitative estimate of drug-likeness (QED) is 0.443. The molecule has 0 spiro atoms. The van der Waals surface area contributed by atoms with Gasteiger partial charge >= 0.3 is 0 Å². The minimum absolute atomic E-state index is 0.0295.